The maximum Gasteiger partial charge on any atom is 0.322 e. The summed E-state index contributed by atoms with van der Waals surface area (Å²) in [5, 5.41) is 3.10. The van der Waals surface area contributed by atoms with Crippen molar-refractivity contribution in [2.45, 2.75) is 26.4 Å². The van der Waals surface area contributed by atoms with Crippen LogP contribution in [0, 0.1) is 0 Å². The summed E-state index contributed by atoms with van der Waals surface area (Å²) < 4.78 is 15.4. The lowest BCUT2D eigenvalue weighted by molar-refractivity contribution is -0.145. The first-order valence-corrected chi connectivity index (χ1v) is 5.99. The Hall–Kier alpha value is -1.75. The van der Waals surface area contributed by atoms with Gasteiger partial charge in [-0.05, 0) is 31.5 Å². The summed E-state index contributed by atoms with van der Waals surface area (Å²) in [4.78, 5) is 11.4. The first kappa shape index (κ1) is 12.7. The van der Waals surface area contributed by atoms with Crippen molar-refractivity contribution in [3.8, 4) is 11.5 Å². The van der Waals surface area contributed by atoms with E-state index < -0.39 is 0 Å². The van der Waals surface area contributed by atoms with E-state index in [0.717, 1.165) is 17.1 Å². The summed E-state index contributed by atoms with van der Waals surface area (Å²) in [6.45, 7) is 4.82. The largest absolute Gasteiger partial charge is 0.465 e. The average molecular weight is 251 g/mol. The topological polar surface area (TPSA) is 56.8 Å². The molecule has 1 N–H and O–H groups in total. The summed E-state index contributed by atoms with van der Waals surface area (Å²) in [6, 6.07) is 5.40. The molecule has 0 radical (unpaired) electrons. The minimum absolute atomic E-state index is 0.238. The third-order valence-electron chi connectivity index (χ3n) is 2.69. The van der Waals surface area contributed by atoms with E-state index in [-0.39, 0.29) is 18.8 Å². The first-order chi connectivity index (χ1) is 8.70. The molecule has 2 rings (SSSR count). The second-order valence-electron chi connectivity index (χ2n) is 4.04. The average Bonchev–Trinajstić information content (AvgIpc) is 2.83. The quantitative estimate of drug-likeness (QED) is 0.803. The smallest absolute Gasteiger partial charge is 0.322 e. The fraction of sp³-hybridized carbons (Fsp3) is 0.462. The number of hydrogen-bond donors (Lipinski definition) is 1. The Balaban J connectivity index is 1.88. The van der Waals surface area contributed by atoms with Gasteiger partial charge >= 0.3 is 5.97 Å². The number of rotatable bonds is 5. The Kier molecular flexibility index (Phi) is 4.04. The predicted octanol–water partition coefficient (Wildman–Crippen LogP) is 1.46. The number of nitrogens with one attached hydrogen (secondary N) is 1. The van der Waals surface area contributed by atoms with Gasteiger partial charge in [0.25, 0.3) is 0 Å². The molecule has 0 unspecified atom stereocenters. The van der Waals surface area contributed by atoms with E-state index in [0.29, 0.717) is 13.2 Å². The van der Waals surface area contributed by atoms with E-state index in [1.807, 2.05) is 18.2 Å². The lowest BCUT2D eigenvalue weighted by Crippen LogP contribution is -2.34. The molecule has 1 aliphatic heterocycles. The Morgan fingerprint density at radius 1 is 1.44 bits per heavy atom. The van der Waals surface area contributed by atoms with Gasteiger partial charge in [0.1, 0.15) is 6.04 Å². The first-order valence-electron chi connectivity index (χ1n) is 5.99. The lowest BCUT2D eigenvalue weighted by atomic mass is 10.2. The maximum atomic E-state index is 11.4. The van der Waals surface area contributed by atoms with Crippen LogP contribution in [-0.4, -0.2) is 25.4 Å². The molecule has 0 saturated carbocycles. The van der Waals surface area contributed by atoms with Gasteiger partial charge in [0.2, 0.25) is 6.79 Å². The monoisotopic (exact) mass is 251 g/mol. The Bertz CT molecular complexity index is 433. The second-order valence-corrected chi connectivity index (χ2v) is 4.04. The van der Waals surface area contributed by atoms with Crippen LogP contribution < -0.4 is 14.8 Å². The van der Waals surface area contributed by atoms with E-state index in [4.69, 9.17) is 14.2 Å². The number of carbonyl (C=O) groups excluding carboxylic acids is 1. The zero-order valence-electron chi connectivity index (χ0n) is 10.6. The number of fused-ring (bicyclic) bond motifs is 1. The van der Waals surface area contributed by atoms with Crippen molar-refractivity contribution in [2.75, 3.05) is 13.4 Å². The van der Waals surface area contributed by atoms with Crippen molar-refractivity contribution in [3.05, 3.63) is 23.8 Å². The highest BCUT2D eigenvalue weighted by Gasteiger charge is 2.15. The van der Waals surface area contributed by atoms with Crippen LogP contribution in [0.25, 0.3) is 0 Å². The van der Waals surface area contributed by atoms with Crippen molar-refractivity contribution in [2.24, 2.45) is 0 Å². The summed E-state index contributed by atoms with van der Waals surface area (Å²) in [6.07, 6.45) is 0. The zero-order valence-corrected chi connectivity index (χ0v) is 10.6. The van der Waals surface area contributed by atoms with Crippen LogP contribution in [0.4, 0.5) is 0 Å². The van der Waals surface area contributed by atoms with Crippen molar-refractivity contribution in [3.63, 3.8) is 0 Å². The molecule has 5 nitrogen and oxygen atoms in total. The molecular formula is C13H17NO4. The summed E-state index contributed by atoms with van der Waals surface area (Å²) in [5.41, 5.74) is 1.04. The maximum absolute atomic E-state index is 11.4. The molecule has 0 aromatic heterocycles. The normalized spacial score (nSPS) is 14.3. The molecule has 5 heteroatoms. The minimum Gasteiger partial charge on any atom is -0.465 e. The summed E-state index contributed by atoms with van der Waals surface area (Å²) >= 11 is 0. The molecule has 1 aromatic carbocycles. The van der Waals surface area contributed by atoms with Gasteiger partial charge in [-0.1, -0.05) is 6.07 Å². The van der Waals surface area contributed by atoms with Gasteiger partial charge in [-0.2, -0.15) is 0 Å². The molecule has 1 heterocycles. The molecule has 0 fully saturated rings. The van der Waals surface area contributed by atoms with Gasteiger partial charge in [0.05, 0.1) is 6.61 Å². The number of esters is 1. The molecule has 18 heavy (non-hydrogen) atoms. The van der Waals surface area contributed by atoms with E-state index in [9.17, 15) is 4.79 Å². The van der Waals surface area contributed by atoms with E-state index in [1.54, 1.807) is 13.8 Å². The van der Waals surface area contributed by atoms with E-state index in [1.165, 1.54) is 0 Å². The third-order valence-corrected chi connectivity index (χ3v) is 2.69. The number of hydrogen-bond acceptors (Lipinski definition) is 5. The molecule has 0 bridgehead atoms. The summed E-state index contributed by atoms with van der Waals surface area (Å²) in [5.74, 6) is 1.27. The standard InChI is InChI=1S/C13H17NO4/c1-3-16-13(15)9(2)14-7-10-4-5-11-12(6-10)18-8-17-11/h4-6,9,14H,3,7-8H2,1-2H3/t9-/m0/s1. The number of carbonyl (C=O) groups is 1. The molecule has 1 atom stereocenters. The minimum atomic E-state index is -0.324. The van der Waals surface area contributed by atoms with Gasteiger partial charge < -0.3 is 19.5 Å². The molecule has 98 valence electrons. The van der Waals surface area contributed by atoms with Crippen LogP contribution in [0.15, 0.2) is 18.2 Å². The number of ether oxygens (including phenoxy) is 3. The summed E-state index contributed by atoms with van der Waals surface area (Å²) in [7, 11) is 0. The highest BCUT2D eigenvalue weighted by Crippen LogP contribution is 2.32. The number of benzene rings is 1. The molecular weight excluding hydrogens is 234 g/mol. The van der Waals surface area contributed by atoms with Crippen molar-refractivity contribution >= 4 is 5.97 Å². The van der Waals surface area contributed by atoms with E-state index >= 15 is 0 Å². The van der Waals surface area contributed by atoms with Crippen molar-refractivity contribution in [1.82, 2.24) is 5.32 Å². The highest BCUT2D eigenvalue weighted by atomic mass is 16.7. The SMILES string of the molecule is CCOC(=O)[C@H](C)NCc1ccc2c(c1)OCO2. The Morgan fingerprint density at radius 3 is 3.00 bits per heavy atom. The fourth-order valence-electron chi connectivity index (χ4n) is 1.67. The molecule has 1 aromatic rings. The van der Waals surface area contributed by atoms with Crippen molar-refractivity contribution < 1.29 is 19.0 Å². The van der Waals surface area contributed by atoms with Gasteiger partial charge in [0.15, 0.2) is 11.5 Å². The molecule has 0 amide bonds. The van der Waals surface area contributed by atoms with Gasteiger partial charge in [-0.25, -0.2) is 0 Å². The molecule has 1 aliphatic rings. The molecule has 0 aliphatic carbocycles. The predicted molar refractivity (Wildman–Crippen MR) is 65.5 cm³/mol. The zero-order chi connectivity index (χ0) is 13.0. The Labute approximate surface area is 106 Å². The molecule has 0 saturated heterocycles. The lowest BCUT2D eigenvalue weighted by Gasteiger charge is -2.12. The van der Waals surface area contributed by atoms with Crippen LogP contribution in [-0.2, 0) is 16.1 Å². The Morgan fingerprint density at radius 2 is 2.22 bits per heavy atom. The van der Waals surface area contributed by atoms with Gasteiger partial charge in [0, 0.05) is 6.54 Å². The second kappa shape index (κ2) is 5.73. The molecule has 0 spiro atoms. The third kappa shape index (κ3) is 2.92. The van der Waals surface area contributed by atoms with E-state index in [2.05, 4.69) is 5.32 Å². The van der Waals surface area contributed by atoms with Gasteiger partial charge in [-0.15, -0.1) is 0 Å². The van der Waals surface area contributed by atoms with Crippen LogP contribution >= 0.6 is 0 Å². The van der Waals surface area contributed by atoms with Crippen LogP contribution in [0.2, 0.25) is 0 Å². The van der Waals surface area contributed by atoms with Gasteiger partial charge in [-0.3, -0.25) is 4.79 Å². The fourth-order valence-corrected chi connectivity index (χ4v) is 1.67. The van der Waals surface area contributed by atoms with Crippen LogP contribution in [0.1, 0.15) is 19.4 Å². The van der Waals surface area contributed by atoms with Crippen molar-refractivity contribution in [1.29, 1.82) is 0 Å². The van der Waals surface area contributed by atoms with Crippen LogP contribution in [0.5, 0.6) is 11.5 Å². The van der Waals surface area contributed by atoms with Crippen LogP contribution in [0.3, 0.4) is 0 Å². The highest BCUT2D eigenvalue weighted by molar-refractivity contribution is 5.75.